The molecule has 0 bridgehead atoms. The van der Waals surface area contributed by atoms with Gasteiger partial charge in [-0.2, -0.15) is 0 Å². The van der Waals surface area contributed by atoms with Crippen LogP contribution in [0.3, 0.4) is 0 Å². The minimum absolute atomic E-state index is 0.0931. The van der Waals surface area contributed by atoms with Crippen LogP contribution in [-0.4, -0.2) is 60.9 Å². The summed E-state index contributed by atoms with van der Waals surface area (Å²) in [6.07, 6.45) is 2.33. The summed E-state index contributed by atoms with van der Waals surface area (Å²) in [6.45, 7) is 13.9. The molecule has 0 aliphatic carbocycles. The Balaban J connectivity index is 2.01. The van der Waals surface area contributed by atoms with Crippen LogP contribution in [0.2, 0.25) is 0 Å². The van der Waals surface area contributed by atoms with Gasteiger partial charge in [0.1, 0.15) is 24.6 Å². The monoisotopic (exact) mass is 579 g/mol. The van der Waals surface area contributed by atoms with Gasteiger partial charge in [-0.25, -0.2) is 19.4 Å². The topological polar surface area (TPSA) is 131 Å². The molecule has 0 heterocycles. The molecule has 0 radical (unpaired) electrons. The van der Waals surface area contributed by atoms with Crippen molar-refractivity contribution in [1.29, 1.82) is 0 Å². The van der Waals surface area contributed by atoms with Crippen molar-refractivity contribution in [3.8, 4) is 5.75 Å². The van der Waals surface area contributed by atoms with Gasteiger partial charge in [-0.15, -0.1) is 6.58 Å². The maximum atomic E-state index is 13.2. The highest BCUT2D eigenvalue weighted by molar-refractivity contribution is 6.02. The van der Waals surface area contributed by atoms with Gasteiger partial charge in [0, 0.05) is 25.2 Å². The molecule has 2 rings (SSSR count). The molecule has 0 saturated heterocycles. The van der Waals surface area contributed by atoms with Crippen LogP contribution in [0, 0.1) is 0 Å². The molecule has 226 valence electrons. The van der Waals surface area contributed by atoms with Gasteiger partial charge in [-0.05, 0) is 38.8 Å². The molecule has 0 fully saturated rings. The van der Waals surface area contributed by atoms with Crippen molar-refractivity contribution in [3.05, 3.63) is 91.0 Å². The minimum atomic E-state index is -0.772. The fraction of sp³-hybridized carbons (Fsp3) is 0.355. The lowest BCUT2D eigenvalue weighted by Crippen LogP contribution is -2.50. The van der Waals surface area contributed by atoms with E-state index in [-0.39, 0.29) is 38.7 Å². The minimum Gasteiger partial charge on any atom is -0.489 e. The van der Waals surface area contributed by atoms with E-state index in [2.05, 4.69) is 34.1 Å². The van der Waals surface area contributed by atoms with Crippen molar-refractivity contribution in [2.75, 3.05) is 26.2 Å². The van der Waals surface area contributed by atoms with Crippen LogP contribution in [0.1, 0.15) is 38.3 Å². The average molecular weight is 580 g/mol. The number of para-hydroxylation sites is 1. The lowest BCUT2D eigenvalue weighted by Gasteiger charge is -2.23. The summed E-state index contributed by atoms with van der Waals surface area (Å²) in [5.41, 5.74) is 0.867. The van der Waals surface area contributed by atoms with E-state index in [1.54, 1.807) is 39.0 Å². The third-order valence-corrected chi connectivity index (χ3v) is 5.31. The second-order valence-corrected chi connectivity index (χ2v) is 10.0. The van der Waals surface area contributed by atoms with Crippen LogP contribution in [0.15, 0.2) is 84.9 Å². The Kier molecular flexibility index (Phi) is 14.2. The average Bonchev–Trinajstić information content (AvgIpc) is 2.95. The summed E-state index contributed by atoms with van der Waals surface area (Å²) in [5, 5.41) is 7.84. The number of benzene rings is 2. The lowest BCUT2D eigenvalue weighted by atomic mass is 10.2. The number of aliphatic imine (C=N–C) groups is 1. The highest BCUT2D eigenvalue weighted by Crippen LogP contribution is 2.19. The molecule has 0 aromatic heterocycles. The number of nitrogens with zero attached hydrogens (tertiary/aromatic N) is 2. The molecule has 11 heteroatoms. The number of hydrogen-bond acceptors (Lipinski definition) is 7. The first-order chi connectivity index (χ1) is 20.1. The van der Waals surface area contributed by atoms with Crippen molar-refractivity contribution >= 4 is 24.2 Å². The fourth-order valence-electron chi connectivity index (χ4n) is 3.45. The predicted octanol–water partition coefficient (Wildman–Crippen LogP) is 5.15. The van der Waals surface area contributed by atoms with Gasteiger partial charge in [-0.1, -0.05) is 67.3 Å². The van der Waals surface area contributed by atoms with E-state index in [1.807, 2.05) is 48.5 Å². The number of ether oxygens (including phenoxy) is 3. The first kappa shape index (κ1) is 33.4. The number of carbonyl (C=O) groups is 3. The molecule has 0 aliphatic rings. The van der Waals surface area contributed by atoms with Gasteiger partial charge in [0.25, 0.3) is 0 Å². The Morgan fingerprint density at radius 3 is 2.36 bits per heavy atom. The summed E-state index contributed by atoms with van der Waals surface area (Å²) in [6, 6.07) is 16.1. The number of alkyl carbamates (subject to hydrolysis) is 2. The zero-order valence-electron chi connectivity index (χ0n) is 24.6. The van der Waals surface area contributed by atoms with Crippen molar-refractivity contribution in [3.63, 3.8) is 0 Å². The van der Waals surface area contributed by atoms with Crippen LogP contribution in [0.5, 0.6) is 5.75 Å². The molecular weight excluding hydrogens is 538 g/mol. The Morgan fingerprint density at radius 2 is 1.67 bits per heavy atom. The number of amides is 4. The molecule has 0 spiro atoms. The first-order valence-corrected chi connectivity index (χ1v) is 13.6. The lowest BCUT2D eigenvalue weighted by molar-refractivity contribution is 0.0561. The SMILES string of the molecule is C=CCOc1ccccc1CN=C(NC(=O)OC(C)(C)C)NC(=O)N(CC=C)CCCNC(=O)OCc1ccccc1. The third kappa shape index (κ3) is 13.5. The van der Waals surface area contributed by atoms with Crippen molar-refractivity contribution in [2.45, 2.75) is 45.9 Å². The van der Waals surface area contributed by atoms with Gasteiger partial charge in [0.2, 0.25) is 5.96 Å². The van der Waals surface area contributed by atoms with Crippen molar-refractivity contribution in [2.24, 2.45) is 4.99 Å². The van der Waals surface area contributed by atoms with Gasteiger partial charge in [-0.3, -0.25) is 10.6 Å². The fourth-order valence-corrected chi connectivity index (χ4v) is 3.45. The van der Waals surface area contributed by atoms with Crippen LogP contribution in [-0.2, 0) is 22.6 Å². The molecule has 2 aromatic rings. The Hall–Kier alpha value is -4.80. The van der Waals surface area contributed by atoms with Gasteiger partial charge >= 0.3 is 18.2 Å². The summed E-state index contributed by atoms with van der Waals surface area (Å²) in [7, 11) is 0. The summed E-state index contributed by atoms with van der Waals surface area (Å²) >= 11 is 0. The molecule has 3 N–H and O–H groups in total. The maximum absolute atomic E-state index is 13.2. The van der Waals surface area contributed by atoms with E-state index in [1.165, 1.54) is 4.90 Å². The molecule has 0 unspecified atom stereocenters. The van der Waals surface area contributed by atoms with E-state index in [0.29, 0.717) is 18.8 Å². The number of urea groups is 1. The van der Waals surface area contributed by atoms with E-state index in [0.717, 1.165) is 11.1 Å². The molecular formula is C31H41N5O6. The van der Waals surface area contributed by atoms with Crippen molar-refractivity contribution < 1.29 is 28.6 Å². The smallest absolute Gasteiger partial charge is 0.414 e. The number of carbonyl (C=O) groups excluding carboxylic acids is 3. The number of rotatable bonds is 13. The number of hydrogen-bond donors (Lipinski definition) is 3. The predicted molar refractivity (Wildman–Crippen MR) is 162 cm³/mol. The molecule has 4 amide bonds. The van der Waals surface area contributed by atoms with E-state index < -0.39 is 23.8 Å². The van der Waals surface area contributed by atoms with Crippen LogP contribution < -0.4 is 20.7 Å². The Bertz CT molecular complexity index is 1210. The number of guanidine groups is 1. The molecule has 0 aliphatic heterocycles. The normalized spacial score (nSPS) is 11.1. The van der Waals surface area contributed by atoms with E-state index in [9.17, 15) is 14.4 Å². The largest absolute Gasteiger partial charge is 0.489 e. The molecule has 11 nitrogen and oxygen atoms in total. The summed E-state index contributed by atoms with van der Waals surface area (Å²) in [5.74, 6) is 0.511. The highest BCUT2D eigenvalue weighted by Gasteiger charge is 2.20. The summed E-state index contributed by atoms with van der Waals surface area (Å²) < 4.78 is 16.2. The van der Waals surface area contributed by atoms with Gasteiger partial charge < -0.3 is 24.4 Å². The zero-order chi connectivity index (χ0) is 30.8. The van der Waals surface area contributed by atoms with Crippen LogP contribution in [0.4, 0.5) is 14.4 Å². The van der Waals surface area contributed by atoms with Gasteiger partial charge in [0.15, 0.2) is 0 Å². The quantitative estimate of drug-likeness (QED) is 0.130. The molecule has 0 atom stereocenters. The highest BCUT2D eigenvalue weighted by atomic mass is 16.6. The van der Waals surface area contributed by atoms with Crippen LogP contribution >= 0.6 is 0 Å². The third-order valence-electron chi connectivity index (χ3n) is 5.31. The summed E-state index contributed by atoms with van der Waals surface area (Å²) in [4.78, 5) is 43.6. The molecule has 42 heavy (non-hydrogen) atoms. The Labute approximate surface area is 247 Å². The zero-order valence-corrected chi connectivity index (χ0v) is 24.6. The maximum Gasteiger partial charge on any atom is 0.414 e. The van der Waals surface area contributed by atoms with E-state index >= 15 is 0 Å². The first-order valence-electron chi connectivity index (χ1n) is 13.6. The molecule has 2 aromatic carbocycles. The molecule has 0 saturated carbocycles. The second kappa shape index (κ2) is 17.8. The number of nitrogens with one attached hydrogen (secondary N) is 3. The second-order valence-electron chi connectivity index (χ2n) is 10.0. The van der Waals surface area contributed by atoms with Gasteiger partial charge in [0.05, 0.1) is 6.54 Å². The Morgan fingerprint density at radius 1 is 0.952 bits per heavy atom. The van der Waals surface area contributed by atoms with Crippen LogP contribution in [0.25, 0.3) is 0 Å². The van der Waals surface area contributed by atoms with Crippen molar-refractivity contribution in [1.82, 2.24) is 20.9 Å². The van der Waals surface area contributed by atoms with E-state index in [4.69, 9.17) is 14.2 Å². The standard InChI is InChI=1S/C31H41N5O6/c1-6-19-36(20-13-18-32-29(38)41-23-24-14-9-8-10-15-24)28(37)34-27(35-30(39)42-31(3,4)5)33-22-25-16-11-12-17-26(25)40-21-7-2/h6-12,14-17H,1-2,13,18-23H2,3-5H3,(H,32,38)(H2,33,34,35,37,39).